The van der Waals surface area contributed by atoms with Gasteiger partial charge in [-0.25, -0.2) is 9.59 Å². The van der Waals surface area contributed by atoms with Gasteiger partial charge in [0.15, 0.2) is 0 Å². The third-order valence-corrected chi connectivity index (χ3v) is 4.54. The first-order chi connectivity index (χ1) is 15.0. The zero-order chi connectivity index (χ0) is 22.2. The zero-order valence-electron chi connectivity index (χ0n) is 17.4. The van der Waals surface area contributed by atoms with Gasteiger partial charge in [0, 0.05) is 22.6 Å². The van der Waals surface area contributed by atoms with Crippen molar-refractivity contribution in [2.75, 3.05) is 18.5 Å². The second-order valence-corrected chi connectivity index (χ2v) is 6.56. The smallest absolute Gasteiger partial charge is 0.339 e. The van der Waals surface area contributed by atoms with Crippen LogP contribution in [-0.4, -0.2) is 31.1 Å². The molecule has 1 N–H and O–H groups in total. The van der Waals surface area contributed by atoms with E-state index in [9.17, 15) is 14.4 Å². The monoisotopic (exact) mass is 417 g/mol. The Kier molecular flexibility index (Phi) is 7.17. The SMILES string of the molecule is CCOC(=O)/C=C(\C(=O)OCC)c1ccc2ccccc2c1NC(=O)c1ccccc1. The van der Waals surface area contributed by atoms with Crippen molar-refractivity contribution in [3.05, 3.63) is 83.9 Å². The quantitative estimate of drug-likeness (QED) is 0.449. The number of benzene rings is 3. The minimum Gasteiger partial charge on any atom is -0.463 e. The summed E-state index contributed by atoms with van der Waals surface area (Å²) < 4.78 is 10.2. The average molecular weight is 417 g/mol. The lowest BCUT2D eigenvalue weighted by Gasteiger charge is -2.16. The topological polar surface area (TPSA) is 81.7 Å². The van der Waals surface area contributed by atoms with E-state index in [1.165, 1.54) is 0 Å². The number of carbonyl (C=O) groups is 3. The Morgan fingerprint density at radius 1 is 0.839 bits per heavy atom. The van der Waals surface area contributed by atoms with Gasteiger partial charge in [0.25, 0.3) is 5.91 Å². The number of fused-ring (bicyclic) bond motifs is 1. The summed E-state index contributed by atoms with van der Waals surface area (Å²) >= 11 is 0. The van der Waals surface area contributed by atoms with Crippen molar-refractivity contribution < 1.29 is 23.9 Å². The first-order valence-corrected chi connectivity index (χ1v) is 9.99. The van der Waals surface area contributed by atoms with E-state index >= 15 is 0 Å². The first-order valence-electron chi connectivity index (χ1n) is 9.99. The molecular weight excluding hydrogens is 394 g/mol. The predicted molar refractivity (Wildman–Crippen MR) is 120 cm³/mol. The van der Waals surface area contributed by atoms with E-state index < -0.39 is 11.9 Å². The summed E-state index contributed by atoms with van der Waals surface area (Å²) in [5.74, 6) is -1.68. The summed E-state index contributed by atoms with van der Waals surface area (Å²) in [4.78, 5) is 37.8. The minimum absolute atomic E-state index is 0.00872. The lowest BCUT2D eigenvalue weighted by Crippen LogP contribution is -2.16. The van der Waals surface area contributed by atoms with Gasteiger partial charge in [-0.15, -0.1) is 0 Å². The molecule has 158 valence electrons. The van der Waals surface area contributed by atoms with Gasteiger partial charge in [0.1, 0.15) is 0 Å². The number of hydrogen-bond acceptors (Lipinski definition) is 5. The molecule has 0 unspecified atom stereocenters. The summed E-state index contributed by atoms with van der Waals surface area (Å²) in [6.07, 6.45) is 1.10. The van der Waals surface area contributed by atoms with Crippen LogP contribution >= 0.6 is 0 Å². The molecule has 1 amide bonds. The Morgan fingerprint density at radius 2 is 1.52 bits per heavy atom. The van der Waals surface area contributed by atoms with Crippen LogP contribution in [0.25, 0.3) is 16.3 Å². The van der Waals surface area contributed by atoms with Crippen molar-refractivity contribution in [3.8, 4) is 0 Å². The minimum atomic E-state index is -0.680. The van der Waals surface area contributed by atoms with E-state index in [0.717, 1.165) is 16.8 Å². The van der Waals surface area contributed by atoms with Crippen LogP contribution in [0, 0.1) is 0 Å². The first kappa shape index (κ1) is 21.8. The number of rotatable bonds is 7. The second-order valence-electron chi connectivity index (χ2n) is 6.56. The molecule has 0 saturated carbocycles. The van der Waals surface area contributed by atoms with Gasteiger partial charge in [0.2, 0.25) is 0 Å². The molecule has 0 aliphatic heterocycles. The summed E-state index contributed by atoms with van der Waals surface area (Å²) in [6, 6.07) is 19.7. The molecule has 0 spiro atoms. The third kappa shape index (κ3) is 5.17. The Morgan fingerprint density at radius 3 is 2.23 bits per heavy atom. The molecular formula is C25H23NO5. The molecule has 6 heteroatoms. The largest absolute Gasteiger partial charge is 0.463 e. The van der Waals surface area contributed by atoms with Crippen LogP contribution < -0.4 is 5.32 Å². The van der Waals surface area contributed by atoms with Crippen LogP contribution in [0.3, 0.4) is 0 Å². The van der Waals surface area contributed by atoms with Crippen LogP contribution in [-0.2, 0) is 19.1 Å². The van der Waals surface area contributed by atoms with Crippen LogP contribution in [0.5, 0.6) is 0 Å². The molecule has 3 rings (SSSR count). The summed E-state index contributed by atoms with van der Waals surface area (Å²) in [5.41, 5.74) is 1.26. The molecule has 6 nitrogen and oxygen atoms in total. The van der Waals surface area contributed by atoms with E-state index in [2.05, 4.69) is 5.32 Å². The molecule has 0 saturated heterocycles. The van der Waals surface area contributed by atoms with Gasteiger partial charge in [-0.3, -0.25) is 4.79 Å². The molecule has 0 aliphatic rings. The number of carbonyl (C=O) groups excluding carboxylic acids is 3. The number of anilines is 1. The van der Waals surface area contributed by atoms with E-state index in [1.807, 2.05) is 36.4 Å². The van der Waals surface area contributed by atoms with Gasteiger partial charge >= 0.3 is 11.9 Å². The van der Waals surface area contributed by atoms with Crippen molar-refractivity contribution in [1.82, 2.24) is 0 Å². The lowest BCUT2D eigenvalue weighted by molar-refractivity contribution is -0.139. The van der Waals surface area contributed by atoms with E-state index in [1.54, 1.807) is 44.2 Å². The highest BCUT2D eigenvalue weighted by Crippen LogP contribution is 2.33. The van der Waals surface area contributed by atoms with Crippen molar-refractivity contribution in [2.24, 2.45) is 0 Å². The Labute approximate surface area is 180 Å². The standard InChI is InChI=1S/C25H23NO5/c1-3-30-22(27)16-21(25(29)31-4-2)20-15-14-17-10-8-9-13-19(17)23(20)26-24(28)18-11-6-5-7-12-18/h5-16H,3-4H2,1-2H3,(H,26,28)/b21-16-. The Bertz CT molecular complexity index is 1140. The van der Waals surface area contributed by atoms with Gasteiger partial charge in [0.05, 0.1) is 24.5 Å². The fourth-order valence-electron chi connectivity index (χ4n) is 3.16. The summed E-state index contributed by atoms with van der Waals surface area (Å²) in [7, 11) is 0. The maximum atomic E-state index is 12.9. The lowest BCUT2D eigenvalue weighted by atomic mass is 9.97. The van der Waals surface area contributed by atoms with Gasteiger partial charge in [-0.1, -0.05) is 54.6 Å². The number of amides is 1. The molecule has 0 fully saturated rings. The fraction of sp³-hybridized carbons (Fsp3) is 0.160. The normalized spacial score (nSPS) is 11.1. The van der Waals surface area contributed by atoms with E-state index in [0.29, 0.717) is 16.8 Å². The molecule has 0 atom stereocenters. The predicted octanol–water partition coefficient (Wildman–Crippen LogP) is 4.60. The maximum Gasteiger partial charge on any atom is 0.339 e. The maximum absolute atomic E-state index is 12.9. The molecule has 0 aromatic heterocycles. The molecule has 0 radical (unpaired) electrons. The van der Waals surface area contributed by atoms with Crippen molar-refractivity contribution in [1.29, 1.82) is 0 Å². The molecule has 0 bridgehead atoms. The van der Waals surface area contributed by atoms with Crippen LogP contribution in [0.15, 0.2) is 72.8 Å². The zero-order valence-corrected chi connectivity index (χ0v) is 17.4. The molecule has 3 aromatic rings. The molecule has 31 heavy (non-hydrogen) atoms. The highest BCUT2D eigenvalue weighted by atomic mass is 16.5. The average Bonchev–Trinajstić information content (AvgIpc) is 2.79. The van der Waals surface area contributed by atoms with E-state index in [-0.39, 0.29) is 24.7 Å². The van der Waals surface area contributed by atoms with Crippen LogP contribution in [0.2, 0.25) is 0 Å². The second kappa shape index (κ2) is 10.2. The van der Waals surface area contributed by atoms with Gasteiger partial charge in [-0.2, -0.15) is 0 Å². The molecule has 0 heterocycles. The third-order valence-electron chi connectivity index (χ3n) is 4.54. The van der Waals surface area contributed by atoms with Gasteiger partial charge in [-0.05, 0) is 31.4 Å². The van der Waals surface area contributed by atoms with E-state index in [4.69, 9.17) is 9.47 Å². The molecule has 3 aromatic carbocycles. The summed E-state index contributed by atoms with van der Waals surface area (Å²) in [5, 5.41) is 4.51. The van der Waals surface area contributed by atoms with Crippen molar-refractivity contribution in [3.63, 3.8) is 0 Å². The summed E-state index contributed by atoms with van der Waals surface area (Å²) in [6.45, 7) is 3.66. The number of hydrogen-bond donors (Lipinski definition) is 1. The number of nitrogens with one attached hydrogen (secondary N) is 1. The Balaban J connectivity index is 2.17. The van der Waals surface area contributed by atoms with Crippen LogP contribution in [0.1, 0.15) is 29.8 Å². The highest BCUT2D eigenvalue weighted by molar-refractivity contribution is 6.24. The van der Waals surface area contributed by atoms with Crippen LogP contribution in [0.4, 0.5) is 5.69 Å². The molecule has 0 aliphatic carbocycles. The Hall–Kier alpha value is -3.93. The number of esters is 2. The van der Waals surface area contributed by atoms with Crippen molar-refractivity contribution in [2.45, 2.75) is 13.8 Å². The van der Waals surface area contributed by atoms with Gasteiger partial charge < -0.3 is 14.8 Å². The highest BCUT2D eigenvalue weighted by Gasteiger charge is 2.22. The number of ether oxygens (including phenoxy) is 2. The fourth-order valence-corrected chi connectivity index (χ4v) is 3.16. The van der Waals surface area contributed by atoms with Crippen molar-refractivity contribution >= 4 is 39.9 Å².